The van der Waals surface area contributed by atoms with Crippen molar-refractivity contribution in [2.45, 2.75) is 24.8 Å². The van der Waals surface area contributed by atoms with Crippen molar-refractivity contribution in [3.8, 4) is 0 Å². The van der Waals surface area contributed by atoms with E-state index in [9.17, 15) is 9.59 Å². The van der Waals surface area contributed by atoms with Crippen molar-refractivity contribution >= 4 is 17.5 Å². The highest BCUT2D eigenvalue weighted by atomic mass is 16.2. The van der Waals surface area contributed by atoms with Gasteiger partial charge in [-0.1, -0.05) is 18.2 Å². The van der Waals surface area contributed by atoms with E-state index in [4.69, 9.17) is 0 Å². The fraction of sp³-hybridized carbons (Fsp3) is 0.318. The fourth-order valence-electron chi connectivity index (χ4n) is 4.89. The lowest BCUT2D eigenvalue weighted by molar-refractivity contribution is -0.121. The number of imidazole rings is 1. The quantitative estimate of drug-likeness (QED) is 0.732. The lowest BCUT2D eigenvalue weighted by atomic mass is 9.74. The Balaban J connectivity index is 1.69. The first-order valence-electron chi connectivity index (χ1n) is 9.76. The second-order valence-corrected chi connectivity index (χ2v) is 7.94. The molecule has 2 unspecified atom stereocenters. The molecule has 148 valence electrons. The van der Waals surface area contributed by atoms with Crippen molar-refractivity contribution in [3.63, 3.8) is 0 Å². The smallest absolute Gasteiger partial charge is 0.256 e. The Labute approximate surface area is 169 Å². The number of carbonyl (C=O) groups is 2. The minimum absolute atomic E-state index is 0.0632. The number of anilines is 1. The Morgan fingerprint density at radius 2 is 1.97 bits per heavy atom. The Bertz CT molecular complexity index is 1140. The van der Waals surface area contributed by atoms with Gasteiger partial charge in [0.05, 0.1) is 5.56 Å². The van der Waals surface area contributed by atoms with Gasteiger partial charge in [0.1, 0.15) is 17.3 Å². The van der Waals surface area contributed by atoms with Crippen LogP contribution >= 0.6 is 0 Å². The molecule has 1 N–H and O–H groups in total. The molecule has 0 bridgehead atoms. The zero-order valence-electron chi connectivity index (χ0n) is 16.7. The molecule has 4 heterocycles. The number of hydrogen-bond donors (Lipinski definition) is 1. The predicted octanol–water partition coefficient (Wildman–Crippen LogP) is 2.54. The van der Waals surface area contributed by atoms with Crippen LogP contribution in [0.15, 0.2) is 48.9 Å². The number of benzene rings is 1. The molecule has 1 saturated heterocycles. The summed E-state index contributed by atoms with van der Waals surface area (Å²) in [4.78, 5) is 33.3. The van der Waals surface area contributed by atoms with Crippen LogP contribution in [0.3, 0.4) is 0 Å². The first-order valence-corrected chi connectivity index (χ1v) is 9.76. The van der Waals surface area contributed by atoms with Gasteiger partial charge >= 0.3 is 0 Å². The molecule has 7 heteroatoms. The summed E-state index contributed by atoms with van der Waals surface area (Å²) in [5.41, 5.74) is 2.50. The summed E-state index contributed by atoms with van der Waals surface area (Å²) < 4.78 is 3.84. The van der Waals surface area contributed by atoms with Crippen molar-refractivity contribution in [1.29, 1.82) is 0 Å². The second kappa shape index (κ2) is 6.07. The molecule has 3 aromatic rings. The summed E-state index contributed by atoms with van der Waals surface area (Å²) in [5, 5.41) is 3.04. The van der Waals surface area contributed by atoms with Crippen LogP contribution in [0.25, 0.3) is 0 Å². The third-order valence-corrected chi connectivity index (χ3v) is 6.56. The van der Waals surface area contributed by atoms with Crippen LogP contribution in [0.5, 0.6) is 0 Å². The zero-order valence-corrected chi connectivity index (χ0v) is 16.7. The molecule has 5 rings (SSSR count). The van der Waals surface area contributed by atoms with Crippen LogP contribution in [0, 0.1) is 6.92 Å². The van der Waals surface area contributed by atoms with E-state index in [0.29, 0.717) is 18.5 Å². The summed E-state index contributed by atoms with van der Waals surface area (Å²) in [5.74, 6) is 0.591. The molecule has 1 spiro atoms. The topological polar surface area (TPSA) is 72.2 Å². The van der Waals surface area contributed by atoms with Crippen molar-refractivity contribution in [1.82, 2.24) is 19.0 Å². The maximum Gasteiger partial charge on any atom is 0.256 e. The van der Waals surface area contributed by atoms with E-state index in [-0.39, 0.29) is 11.8 Å². The van der Waals surface area contributed by atoms with Gasteiger partial charge in [-0.05, 0) is 31.0 Å². The van der Waals surface area contributed by atoms with E-state index in [1.165, 1.54) is 0 Å². The lowest BCUT2D eigenvalue weighted by Gasteiger charge is -2.33. The monoisotopic (exact) mass is 389 g/mol. The second-order valence-electron chi connectivity index (χ2n) is 7.94. The summed E-state index contributed by atoms with van der Waals surface area (Å²) in [6, 6.07) is 9.15. The van der Waals surface area contributed by atoms with Crippen molar-refractivity contribution in [3.05, 3.63) is 71.6 Å². The highest BCUT2D eigenvalue weighted by molar-refractivity contribution is 6.08. The number of hydrogen-bond acceptors (Lipinski definition) is 3. The number of para-hydroxylation sites is 1. The molecule has 2 aromatic heterocycles. The van der Waals surface area contributed by atoms with Crippen molar-refractivity contribution in [2.24, 2.45) is 14.1 Å². The molecular weight excluding hydrogens is 366 g/mol. The van der Waals surface area contributed by atoms with E-state index < -0.39 is 11.5 Å². The van der Waals surface area contributed by atoms with Gasteiger partial charge in [-0.2, -0.15) is 0 Å². The van der Waals surface area contributed by atoms with Crippen LogP contribution in [0.1, 0.15) is 39.9 Å². The van der Waals surface area contributed by atoms with Crippen LogP contribution in [-0.2, 0) is 24.3 Å². The van der Waals surface area contributed by atoms with Gasteiger partial charge in [0.2, 0.25) is 5.91 Å². The minimum atomic E-state index is -0.839. The molecule has 2 amide bonds. The van der Waals surface area contributed by atoms with Crippen LogP contribution in [0.4, 0.5) is 5.69 Å². The third-order valence-electron chi connectivity index (χ3n) is 6.56. The van der Waals surface area contributed by atoms with E-state index >= 15 is 0 Å². The average molecular weight is 389 g/mol. The number of likely N-dealkylation sites (tertiary alicyclic amines) is 1. The Morgan fingerprint density at radius 3 is 2.66 bits per heavy atom. The molecule has 0 saturated carbocycles. The maximum atomic E-state index is 13.6. The average Bonchev–Trinajstić information content (AvgIpc) is 3.45. The molecule has 2 aliphatic rings. The van der Waals surface area contributed by atoms with Gasteiger partial charge in [-0.15, -0.1) is 0 Å². The van der Waals surface area contributed by atoms with Gasteiger partial charge in [0.15, 0.2) is 0 Å². The predicted molar refractivity (Wildman–Crippen MR) is 109 cm³/mol. The molecule has 1 aromatic carbocycles. The van der Waals surface area contributed by atoms with Gasteiger partial charge < -0.3 is 19.4 Å². The summed E-state index contributed by atoms with van der Waals surface area (Å²) in [6.07, 6.45) is 6.03. The standard InChI is InChI=1S/C22H23N5O2/c1-14-15(8-11-25(14)2)20(28)27-12-9-22(18(27)19-23-10-13-26(19)3)16-6-4-5-7-17(16)24-21(22)29/h4-8,10-11,13,18H,9,12H2,1-3H3,(H,24,29). The Hall–Kier alpha value is -3.35. The van der Waals surface area contributed by atoms with Crippen LogP contribution in [-0.4, -0.2) is 37.4 Å². The highest BCUT2D eigenvalue weighted by Crippen LogP contribution is 2.54. The number of fused-ring (bicyclic) bond motifs is 2. The normalized spacial score (nSPS) is 22.9. The maximum absolute atomic E-state index is 13.6. The van der Waals surface area contributed by atoms with Gasteiger partial charge in [0.25, 0.3) is 5.91 Å². The lowest BCUT2D eigenvalue weighted by Crippen LogP contribution is -2.43. The number of aromatic nitrogens is 3. The van der Waals surface area contributed by atoms with E-state index in [1.807, 2.05) is 77.8 Å². The fourth-order valence-corrected chi connectivity index (χ4v) is 4.89. The number of aryl methyl sites for hydroxylation is 2. The van der Waals surface area contributed by atoms with Crippen LogP contribution < -0.4 is 5.32 Å². The Morgan fingerprint density at radius 1 is 1.17 bits per heavy atom. The molecule has 1 fully saturated rings. The van der Waals surface area contributed by atoms with Gasteiger partial charge in [0, 0.05) is 50.6 Å². The first-order chi connectivity index (χ1) is 13.9. The van der Waals surface area contributed by atoms with Gasteiger partial charge in [-0.3, -0.25) is 9.59 Å². The first kappa shape index (κ1) is 17.7. The summed E-state index contributed by atoms with van der Waals surface area (Å²) >= 11 is 0. The number of rotatable bonds is 2. The van der Waals surface area contributed by atoms with Crippen molar-refractivity contribution in [2.75, 3.05) is 11.9 Å². The number of carbonyl (C=O) groups excluding carboxylic acids is 2. The van der Waals surface area contributed by atoms with E-state index in [2.05, 4.69) is 10.3 Å². The molecule has 29 heavy (non-hydrogen) atoms. The highest BCUT2D eigenvalue weighted by Gasteiger charge is 2.60. The van der Waals surface area contributed by atoms with Crippen LogP contribution in [0.2, 0.25) is 0 Å². The third kappa shape index (κ3) is 2.27. The summed E-state index contributed by atoms with van der Waals surface area (Å²) in [7, 11) is 3.83. The molecule has 7 nitrogen and oxygen atoms in total. The molecule has 0 aliphatic carbocycles. The van der Waals surface area contributed by atoms with Crippen molar-refractivity contribution < 1.29 is 9.59 Å². The van der Waals surface area contributed by atoms with E-state index in [0.717, 1.165) is 22.8 Å². The number of nitrogens with zero attached hydrogens (tertiary/aromatic N) is 4. The minimum Gasteiger partial charge on any atom is -0.354 e. The molecule has 2 aliphatic heterocycles. The van der Waals surface area contributed by atoms with E-state index in [1.54, 1.807) is 6.20 Å². The Kier molecular flexibility index (Phi) is 3.71. The summed E-state index contributed by atoms with van der Waals surface area (Å²) in [6.45, 7) is 2.43. The number of amides is 2. The SMILES string of the molecule is Cc1c(C(=O)N2CCC3(C(=O)Nc4ccccc43)C2c2nccn2C)ccn1C. The zero-order chi connectivity index (χ0) is 20.3. The molecule has 2 atom stereocenters. The molecular formula is C22H23N5O2. The van der Waals surface area contributed by atoms with Gasteiger partial charge in [-0.25, -0.2) is 4.98 Å². The largest absolute Gasteiger partial charge is 0.354 e. The number of nitrogens with one attached hydrogen (secondary N) is 1. The molecule has 0 radical (unpaired) electrons.